The summed E-state index contributed by atoms with van der Waals surface area (Å²) in [6.07, 6.45) is 11.7. The molecule has 0 spiro atoms. The van der Waals surface area contributed by atoms with Gasteiger partial charge in [-0.3, -0.25) is 0 Å². The normalized spacial score (nSPS) is 14.5. The molecule has 0 radical (unpaired) electrons. The number of rotatable bonds is 11. The van der Waals surface area contributed by atoms with Crippen LogP contribution in [0.4, 0.5) is 0 Å². The first-order chi connectivity index (χ1) is 12.5. The zero-order chi connectivity index (χ0) is 19.0. The van der Waals surface area contributed by atoms with Crippen LogP contribution in [0.1, 0.15) is 59.3 Å². The predicted molar refractivity (Wildman–Crippen MR) is 133 cm³/mol. The molecule has 0 aliphatic carbocycles. The first-order valence-corrected chi connectivity index (χ1v) is 17.2. The highest BCUT2D eigenvalue weighted by molar-refractivity contribution is 8.90. The van der Waals surface area contributed by atoms with Gasteiger partial charge in [-0.1, -0.05) is 88.7 Å². The average molecular weight is 426 g/mol. The molecule has 26 heavy (non-hydrogen) atoms. The second-order valence-corrected chi connectivity index (χ2v) is 22.8. The van der Waals surface area contributed by atoms with Crippen molar-refractivity contribution >= 4 is 52.0 Å². The molecule has 144 valence electrons. The Labute approximate surface area is 171 Å². The van der Waals surface area contributed by atoms with Crippen LogP contribution in [0.25, 0.3) is 10.8 Å². The lowest BCUT2D eigenvalue weighted by molar-refractivity contribution is 0.844. The van der Waals surface area contributed by atoms with Crippen molar-refractivity contribution < 1.29 is 0 Å². The highest BCUT2D eigenvalue weighted by Gasteiger charge is 2.49. The zero-order valence-corrected chi connectivity index (χ0v) is 20.2. The van der Waals surface area contributed by atoms with Crippen LogP contribution in [0.3, 0.4) is 0 Å². The first-order valence-electron chi connectivity index (χ1n) is 10.2. The lowest BCUT2D eigenvalue weighted by atomic mass is 10.1. The van der Waals surface area contributed by atoms with Gasteiger partial charge in [-0.25, -0.2) is 0 Å². The molecular formula is C22H35P2S2+. The largest absolute Gasteiger partial charge is 0.160 e. The average Bonchev–Trinajstić information content (AvgIpc) is 2.67. The molecule has 2 aromatic rings. The molecule has 2 rings (SSSR count). The van der Waals surface area contributed by atoms with Crippen LogP contribution >= 0.6 is 24.1 Å². The second-order valence-electron chi connectivity index (χ2n) is 7.37. The molecule has 0 aliphatic heterocycles. The maximum Gasteiger partial charge on any atom is 0.160 e. The van der Waals surface area contributed by atoms with Crippen LogP contribution in [0.15, 0.2) is 42.5 Å². The zero-order valence-electron chi connectivity index (χ0n) is 16.7. The number of unbranched alkanes of at least 4 members (excludes halogenated alkanes) is 3. The Hall–Kier alpha value is 0.130. The maximum atomic E-state index is 6.54. The highest BCUT2D eigenvalue weighted by atomic mass is 33.1. The Morgan fingerprint density at radius 1 is 0.808 bits per heavy atom. The molecule has 0 N–H and O–H groups in total. The lowest BCUT2D eigenvalue weighted by Gasteiger charge is -2.36. The minimum absolute atomic E-state index is 1.26. The summed E-state index contributed by atoms with van der Waals surface area (Å²) in [6, 6.07) is 15.5. The van der Waals surface area contributed by atoms with Crippen LogP contribution in [-0.2, 0) is 11.8 Å². The van der Waals surface area contributed by atoms with Crippen LogP contribution in [0.5, 0.6) is 0 Å². The topological polar surface area (TPSA) is 0 Å². The third kappa shape index (κ3) is 4.94. The number of benzene rings is 2. The maximum absolute atomic E-state index is 6.54. The summed E-state index contributed by atoms with van der Waals surface area (Å²) in [5.41, 5.74) is 0. The SMILES string of the molecule is CCCC[P+](CCCC)(CCCC)P(=S)(S)c1cccc2ccccc12. The van der Waals surface area contributed by atoms with Crippen molar-refractivity contribution in [3.63, 3.8) is 0 Å². The van der Waals surface area contributed by atoms with E-state index >= 15 is 0 Å². The van der Waals surface area contributed by atoms with Gasteiger partial charge in [0.15, 0.2) is 4.93 Å². The van der Waals surface area contributed by atoms with Crippen molar-refractivity contribution in [1.82, 2.24) is 0 Å². The highest BCUT2D eigenvalue weighted by Crippen LogP contribution is 2.91. The van der Waals surface area contributed by atoms with Crippen molar-refractivity contribution in [3.8, 4) is 0 Å². The number of fused-ring (bicyclic) bond motifs is 1. The van der Waals surface area contributed by atoms with Gasteiger partial charge < -0.3 is 0 Å². The van der Waals surface area contributed by atoms with E-state index in [1.807, 2.05) is 0 Å². The quantitative estimate of drug-likeness (QED) is 0.280. The molecule has 0 saturated heterocycles. The van der Waals surface area contributed by atoms with Gasteiger partial charge in [0.25, 0.3) is 0 Å². The molecule has 0 amide bonds. The third-order valence-corrected chi connectivity index (χ3v) is 24.7. The van der Waals surface area contributed by atoms with E-state index in [0.29, 0.717) is 0 Å². The summed E-state index contributed by atoms with van der Waals surface area (Å²) in [6.45, 7) is 5.66. The van der Waals surface area contributed by atoms with Gasteiger partial charge in [-0.15, -0.1) is 0 Å². The summed E-state index contributed by atoms with van der Waals surface area (Å²) in [4.78, 5) is -1.88. The van der Waals surface area contributed by atoms with Crippen molar-refractivity contribution in [2.24, 2.45) is 0 Å². The van der Waals surface area contributed by atoms with E-state index in [4.69, 9.17) is 24.1 Å². The Balaban J connectivity index is 2.59. The molecule has 1 unspecified atom stereocenters. The fourth-order valence-electron chi connectivity index (χ4n) is 3.79. The Morgan fingerprint density at radius 2 is 1.31 bits per heavy atom. The molecular weight excluding hydrogens is 390 g/mol. The van der Waals surface area contributed by atoms with Gasteiger partial charge in [0.2, 0.25) is 0 Å². The molecule has 0 aliphatic rings. The van der Waals surface area contributed by atoms with E-state index < -0.39 is 11.9 Å². The fourth-order valence-corrected chi connectivity index (χ4v) is 20.5. The molecule has 1 atom stereocenters. The summed E-state index contributed by atoms with van der Waals surface area (Å²) in [7, 11) is 0. The van der Waals surface area contributed by atoms with E-state index in [2.05, 4.69) is 63.2 Å². The molecule has 0 aromatic heterocycles. The van der Waals surface area contributed by atoms with Crippen LogP contribution in [-0.4, -0.2) is 18.5 Å². The van der Waals surface area contributed by atoms with Crippen molar-refractivity contribution in [2.75, 3.05) is 18.5 Å². The van der Waals surface area contributed by atoms with Crippen molar-refractivity contribution in [3.05, 3.63) is 42.5 Å². The van der Waals surface area contributed by atoms with Crippen LogP contribution in [0.2, 0.25) is 0 Å². The molecule has 2 aromatic carbocycles. The number of thiol groups is 1. The Bertz CT molecular complexity index is 715. The predicted octanol–water partition coefficient (Wildman–Crippen LogP) is 8.12. The lowest BCUT2D eigenvalue weighted by Crippen LogP contribution is -2.14. The van der Waals surface area contributed by atoms with Crippen molar-refractivity contribution in [1.29, 1.82) is 0 Å². The van der Waals surface area contributed by atoms with E-state index in [-0.39, 0.29) is 0 Å². The van der Waals surface area contributed by atoms with Gasteiger partial charge in [0, 0.05) is 5.30 Å². The Morgan fingerprint density at radius 3 is 1.85 bits per heavy atom. The standard InChI is InChI=1S/C22H34P2S2/c1-4-7-17-23(18-8-5-2,19-9-6-3)24(25,26)22-16-12-14-20-13-10-11-15-21(20)22/h10-16H,4-9,17-19H2,1-3H3/p+1. The molecule has 0 heterocycles. The van der Waals surface area contributed by atoms with Crippen LogP contribution < -0.4 is 5.30 Å². The van der Waals surface area contributed by atoms with Gasteiger partial charge in [-0.2, -0.15) is 0 Å². The van der Waals surface area contributed by atoms with E-state index in [9.17, 15) is 0 Å². The second kappa shape index (κ2) is 10.6. The van der Waals surface area contributed by atoms with Gasteiger partial charge in [-0.05, 0) is 47.9 Å². The van der Waals surface area contributed by atoms with Gasteiger partial charge >= 0.3 is 0 Å². The minimum Gasteiger partial charge on any atom is -0.0992 e. The monoisotopic (exact) mass is 425 g/mol. The van der Waals surface area contributed by atoms with Gasteiger partial charge in [0.05, 0.1) is 25.4 Å². The molecule has 0 fully saturated rings. The van der Waals surface area contributed by atoms with Gasteiger partial charge in [0.1, 0.15) is 0 Å². The van der Waals surface area contributed by atoms with Crippen LogP contribution in [0, 0.1) is 0 Å². The van der Waals surface area contributed by atoms with E-state index in [1.54, 1.807) is 0 Å². The summed E-state index contributed by atoms with van der Waals surface area (Å²) in [5.74, 6) is 0. The minimum atomic E-state index is -1.88. The Kier molecular flexibility index (Phi) is 9.15. The third-order valence-electron chi connectivity index (χ3n) is 5.44. The molecule has 0 saturated carbocycles. The summed E-state index contributed by atoms with van der Waals surface area (Å²) < 4.78 is 0. The van der Waals surface area contributed by atoms with E-state index in [0.717, 1.165) is 0 Å². The van der Waals surface area contributed by atoms with Crippen molar-refractivity contribution in [2.45, 2.75) is 59.3 Å². The number of hydrogen-bond acceptors (Lipinski definition) is 1. The molecule has 0 bridgehead atoms. The first kappa shape index (κ1) is 22.4. The molecule has 4 heteroatoms. The summed E-state index contributed by atoms with van der Waals surface area (Å²) in [5, 5.41) is 4.06. The number of hydrogen-bond donors (Lipinski definition) is 1. The smallest absolute Gasteiger partial charge is 0.0992 e. The van der Waals surface area contributed by atoms with E-state index in [1.165, 1.54) is 73.1 Å². The summed E-state index contributed by atoms with van der Waals surface area (Å²) >= 11 is 12.0. The fraction of sp³-hybridized carbons (Fsp3) is 0.545. The molecule has 0 nitrogen and oxygen atoms in total.